The van der Waals surface area contributed by atoms with Gasteiger partial charge in [0.1, 0.15) is 18.1 Å². The summed E-state index contributed by atoms with van der Waals surface area (Å²) >= 11 is 0. The summed E-state index contributed by atoms with van der Waals surface area (Å²) in [5.41, 5.74) is 2.22. The Morgan fingerprint density at radius 3 is 2.68 bits per heavy atom. The minimum absolute atomic E-state index is 0.0566. The van der Waals surface area contributed by atoms with Gasteiger partial charge in [-0.2, -0.15) is 0 Å². The molecule has 0 atom stereocenters. The van der Waals surface area contributed by atoms with Crippen molar-refractivity contribution in [3.8, 4) is 5.75 Å². The fourth-order valence-electron chi connectivity index (χ4n) is 2.55. The van der Waals surface area contributed by atoms with Gasteiger partial charge in [0.05, 0.1) is 6.54 Å². The second kappa shape index (κ2) is 5.81. The van der Waals surface area contributed by atoms with Gasteiger partial charge in [-0.15, -0.1) is 0 Å². The van der Waals surface area contributed by atoms with Gasteiger partial charge in [-0.05, 0) is 25.0 Å². The molecule has 22 heavy (non-hydrogen) atoms. The number of ether oxygens (including phenoxy) is 1. The summed E-state index contributed by atoms with van der Waals surface area (Å²) in [6.45, 7) is 6.13. The third-order valence-electron chi connectivity index (χ3n) is 3.75. The monoisotopic (exact) mass is 302 g/mol. The van der Waals surface area contributed by atoms with E-state index in [1.807, 2.05) is 32.0 Å². The van der Waals surface area contributed by atoms with Gasteiger partial charge in [0, 0.05) is 13.1 Å². The molecule has 2 aromatic rings. The molecule has 6 heteroatoms. The minimum atomic E-state index is -1.07. The number of oxazole rings is 1. The van der Waals surface area contributed by atoms with Gasteiger partial charge in [-0.3, -0.25) is 4.90 Å². The van der Waals surface area contributed by atoms with Crippen LogP contribution >= 0.6 is 0 Å². The first-order valence-electron chi connectivity index (χ1n) is 7.16. The van der Waals surface area contributed by atoms with Crippen molar-refractivity contribution >= 4 is 5.97 Å². The summed E-state index contributed by atoms with van der Waals surface area (Å²) in [5.74, 6) is 0.300. The predicted molar refractivity (Wildman–Crippen MR) is 79.1 cm³/mol. The van der Waals surface area contributed by atoms with Crippen LogP contribution in [-0.4, -0.2) is 40.2 Å². The van der Waals surface area contributed by atoms with Crippen LogP contribution in [0, 0.1) is 13.8 Å². The quantitative estimate of drug-likeness (QED) is 0.913. The number of hydrogen-bond donors (Lipinski definition) is 1. The number of carboxylic acid groups (broad SMARTS) is 1. The van der Waals surface area contributed by atoms with E-state index < -0.39 is 5.97 Å². The molecule has 1 saturated heterocycles. The number of carboxylic acids is 1. The van der Waals surface area contributed by atoms with Gasteiger partial charge >= 0.3 is 5.97 Å². The highest BCUT2D eigenvalue weighted by Gasteiger charge is 2.30. The van der Waals surface area contributed by atoms with E-state index >= 15 is 0 Å². The predicted octanol–water partition coefficient (Wildman–Crippen LogP) is 2.25. The smallest absolute Gasteiger partial charge is 0.357 e. The summed E-state index contributed by atoms with van der Waals surface area (Å²) in [7, 11) is 0. The number of rotatable bonds is 5. The molecule has 0 unspecified atom stereocenters. The lowest BCUT2D eigenvalue weighted by molar-refractivity contribution is 0.00888. The van der Waals surface area contributed by atoms with Crippen LogP contribution in [0.15, 0.2) is 28.9 Å². The zero-order valence-electron chi connectivity index (χ0n) is 12.6. The molecule has 1 aromatic carbocycles. The van der Waals surface area contributed by atoms with Crippen molar-refractivity contribution in [1.29, 1.82) is 0 Å². The molecule has 1 fully saturated rings. The molecule has 1 N–H and O–H groups in total. The highest BCUT2D eigenvalue weighted by atomic mass is 16.5. The number of nitrogens with zero attached hydrogens (tertiary/aromatic N) is 2. The molecule has 1 aliphatic heterocycles. The Morgan fingerprint density at radius 2 is 2.09 bits per heavy atom. The first-order valence-corrected chi connectivity index (χ1v) is 7.16. The van der Waals surface area contributed by atoms with Crippen LogP contribution in [0.25, 0.3) is 0 Å². The molecular formula is C16H18N2O4. The second-order valence-corrected chi connectivity index (χ2v) is 5.59. The summed E-state index contributed by atoms with van der Waals surface area (Å²) in [5, 5.41) is 8.81. The van der Waals surface area contributed by atoms with Crippen molar-refractivity contribution in [2.45, 2.75) is 26.5 Å². The fraction of sp³-hybridized carbons (Fsp3) is 0.375. The van der Waals surface area contributed by atoms with Crippen molar-refractivity contribution in [3.63, 3.8) is 0 Å². The van der Waals surface area contributed by atoms with Crippen molar-refractivity contribution in [2.75, 3.05) is 13.1 Å². The minimum Gasteiger partial charge on any atom is -0.487 e. The molecule has 0 spiro atoms. The molecule has 0 amide bonds. The van der Waals surface area contributed by atoms with Crippen molar-refractivity contribution < 1.29 is 19.1 Å². The number of hydrogen-bond acceptors (Lipinski definition) is 5. The van der Waals surface area contributed by atoms with Crippen LogP contribution in [0.3, 0.4) is 0 Å². The maximum absolute atomic E-state index is 10.7. The number of para-hydroxylation sites is 1. The summed E-state index contributed by atoms with van der Waals surface area (Å²) < 4.78 is 11.2. The number of aromatic carboxylic acids is 1. The Balaban J connectivity index is 1.53. The number of likely N-dealkylation sites (tertiary alicyclic amines) is 1. The fourth-order valence-corrected chi connectivity index (χ4v) is 2.55. The van der Waals surface area contributed by atoms with E-state index in [-0.39, 0.29) is 11.8 Å². The zero-order chi connectivity index (χ0) is 15.7. The maximum Gasteiger partial charge on any atom is 0.357 e. The van der Waals surface area contributed by atoms with Crippen LogP contribution in [0.1, 0.15) is 27.5 Å². The van der Waals surface area contributed by atoms with E-state index in [1.165, 1.54) is 6.26 Å². The molecule has 0 saturated carbocycles. The highest BCUT2D eigenvalue weighted by Crippen LogP contribution is 2.26. The van der Waals surface area contributed by atoms with Crippen molar-refractivity contribution in [3.05, 3.63) is 47.2 Å². The van der Waals surface area contributed by atoms with E-state index in [0.717, 1.165) is 30.0 Å². The van der Waals surface area contributed by atoms with Crippen molar-refractivity contribution in [2.24, 2.45) is 0 Å². The maximum atomic E-state index is 10.7. The number of carbonyl (C=O) groups is 1. The molecule has 1 aromatic heterocycles. The Morgan fingerprint density at radius 1 is 1.41 bits per heavy atom. The third-order valence-corrected chi connectivity index (χ3v) is 3.75. The van der Waals surface area contributed by atoms with Gasteiger partial charge in [0.2, 0.25) is 5.89 Å². The number of benzene rings is 1. The normalized spacial score (nSPS) is 15.5. The van der Waals surface area contributed by atoms with Gasteiger partial charge in [-0.1, -0.05) is 18.2 Å². The standard InChI is InChI=1S/C16H18N2O4/c1-10-4-3-5-11(2)15(10)22-12-6-18(7-12)8-14-17-13(9-21-14)16(19)20/h3-5,9,12H,6-8H2,1-2H3,(H,19,20). The molecule has 0 radical (unpaired) electrons. The molecule has 0 aliphatic carbocycles. The Kier molecular flexibility index (Phi) is 3.85. The lowest BCUT2D eigenvalue weighted by Crippen LogP contribution is -2.53. The van der Waals surface area contributed by atoms with E-state index in [9.17, 15) is 4.79 Å². The van der Waals surface area contributed by atoms with Crippen molar-refractivity contribution in [1.82, 2.24) is 9.88 Å². The van der Waals surface area contributed by atoms with E-state index in [1.54, 1.807) is 0 Å². The lowest BCUT2D eigenvalue weighted by Gasteiger charge is -2.38. The molecule has 116 valence electrons. The van der Waals surface area contributed by atoms with E-state index in [0.29, 0.717) is 12.4 Å². The molecule has 0 bridgehead atoms. The van der Waals surface area contributed by atoms with Crippen LogP contribution in [0.5, 0.6) is 5.75 Å². The molecule has 6 nitrogen and oxygen atoms in total. The largest absolute Gasteiger partial charge is 0.487 e. The average Bonchev–Trinajstić information content (AvgIpc) is 2.88. The summed E-state index contributed by atoms with van der Waals surface area (Å²) in [4.78, 5) is 16.8. The Bertz CT molecular complexity index is 669. The Labute approximate surface area is 128 Å². The van der Waals surface area contributed by atoms with Gasteiger partial charge in [-0.25, -0.2) is 9.78 Å². The zero-order valence-corrected chi connectivity index (χ0v) is 12.6. The first kappa shape index (κ1) is 14.6. The van der Waals surface area contributed by atoms with Gasteiger partial charge in [0.15, 0.2) is 5.69 Å². The highest BCUT2D eigenvalue weighted by molar-refractivity contribution is 5.84. The third kappa shape index (κ3) is 2.96. The average molecular weight is 302 g/mol. The van der Waals surface area contributed by atoms with E-state index in [4.69, 9.17) is 14.3 Å². The molecule has 1 aliphatic rings. The lowest BCUT2D eigenvalue weighted by atomic mass is 10.1. The summed E-state index contributed by atoms with van der Waals surface area (Å²) in [6.07, 6.45) is 1.32. The van der Waals surface area contributed by atoms with Gasteiger partial charge < -0.3 is 14.3 Å². The number of aryl methyl sites for hydroxylation is 2. The first-order chi connectivity index (χ1) is 10.5. The SMILES string of the molecule is Cc1cccc(C)c1OC1CN(Cc2nc(C(=O)O)co2)C1. The van der Waals surface area contributed by atoms with Crippen LogP contribution in [0.2, 0.25) is 0 Å². The van der Waals surface area contributed by atoms with Crippen LogP contribution in [-0.2, 0) is 6.54 Å². The van der Waals surface area contributed by atoms with Gasteiger partial charge in [0.25, 0.3) is 0 Å². The molecule has 3 rings (SSSR count). The number of aromatic nitrogens is 1. The molecule has 2 heterocycles. The topological polar surface area (TPSA) is 75.8 Å². The van der Waals surface area contributed by atoms with Crippen LogP contribution < -0.4 is 4.74 Å². The van der Waals surface area contributed by atoms with Crippen LogP contribution in [0.4, 0.5) is 0 Å². The summed E-state index contributed by atoms with van der Waals surface area (Å²) in [6, 6.07) is 6.10. The van der Waals surface area contributed by atoms with E-state index in [2.05, 4.69) is 9.88 Å². The second-order valence-electron chi connectivity index (χ2n) is 5.59. The Hall–Kier alpha value is -2.34. The molecular weight excluding hydrogens is 284 g/mol.